The second-order valence-electron chi connectivity index (χ2n) is 5.28. The molecule has 0 aliphatic heterocycles. The van der Waals surface area contributed by atoms with Crippen LogP contribution in [0.3, 0.4) is 0 Å². The first-order chi connectivity index (χ1) is 7.56. The zero-order chi connectivity index (χ0) is 12.1. The van der Waals surface area contributed by atoms with Gasteiger partial charge in [-0.1, -0.05) is 33.1 Å². The van der Waals surface area contributed by atoms with Crippen molar-refractivity contribution >= 4 is 5.91 Å². The number of nitrogens with two attached hydrogens (primary N) is 1. The average molecular weight is 226 g/mol. The summed E-state index contributed by atoms with van der Waals surface area (Å²) in [7, 11) is 1.89. The van der Waals surface area contributed by atoms with Gasteiger partial charge in [-0.3, -0.25) is 4.79 Å². The fourth-order valence-electron chi connectivity index (χ4n) is 2.42. The van der Waals surface area contributed by atoms with Crippen molar-refractivity contribution in [2.75, 3.05) is 13.6 Å². The van der Waals surface area contributed by atoms with Gasteiger partial charge < -0.3 is 10.6 Å². The van der Waals surface area contributed by atoms with Crippen LogP contribution in [0, 0.1) is 11.8 Å². The highest BCUT2D eigenvalue weighted by Crippen LogP contribution is 2.25. The van der Waals surface area contributed by atoms with Gasteiger partial charge in [-0.25, -0.2) is 0 Å². The molecule has 3 nitrogen and oxygen atoms in total. The summed E-state index contributed by atoms with van der Waals surface area (Å²) in [5.74, 6) is 1.10. The molecule has 0 aromatic rings. The molecule has 0 heterocycles. The molecule has 0 aromatic carbocycles. The fraction of sp³-hybridized carbons (Fsp3) is 0.923. The lowest BCUT2D eigenvalue weighted by Crippen LogP contribution is -2.46. The third-order valence-electron chi connectivity index (χ3n) is 3.93. The van der Waals surface area contributed by atoms with Crippen LogP contribution in [0.2, 0.25) is 0 Å². The maximum Gasteiger partial charge on any atom is 0.239 e. The van der Waals surface area contributed by atoms with Crippen molar-refractivity contribution in [3.8, 4) is 0 Å². The minimum absolute atomic E-state index is 0.112. The van der Waals surface area contributed by atoms with Crippen molar-refractivity contribution in [2.24, 2.45) is 17.6 Å². The summed E-state index contributed by atoms with van der Waals surface area (Å²) in [4.78, 5) is 13.9. The van der Waals surface area contributed by atoms with E-state index in [0.717, 1.165) is 13.0 Å². The Morgan fingerprint density at radius 2 is 2.00 bits per heavy atom. The van der Waals surface area contributed by atoms with Gasteiger partial charge in [-0.05, 0) is 24.7 Å². The lowest BCUT2D eigenvalue weighted by atomic mass is 9.98. The summed E-state index contributed by atoms with van der Waals surface area (Å²) in [6.45, 7) is 5.02. The molecule has 1 saturated carbocycles. The molecule has 1 aliphatic rings. The SMILES string of the molecule is CCC(C)C(N)C(=O)N(C)CC1CCCC1. The lowest BCUT2D eigenvalue weighted by molar-refractivity contribution is -0.133. The van der Waals surface area contributed by atoms with E-state index in [9.17, 15) is 4.79 Å². The van der Waals surface area contributed by atoms with Gasteiger partial charge in [0, 0.05) is 13.6 Å². The number of nitrogens with zero attached hydrogens (tertiary/aromatic N) is 1. The minimum Gasteiger partial charge on any atom is -0.344 e. The second-order valence-corrected chi connectivity index (χ2v) is 5.28. The highest BCUT2D eigenvalue weighted by Gasteiger charge is 2.25. The average Bonchev–Trinajstić information content (AvgIpc) is 2.78. The van der Waals surface area contributed by atoms with Crippen molar-refractivity contribution in [2.45, 2.75) is 52.0 Å². The highest BCUT2D eigenvalue weighted by molar-refractivity contribution is 5.81. The van der Waals surface area contributed by atoms with Crippen LogP contribution < -0.4 is 5.73 Å². The van der Waals surface area contributed by atoms with E-state index >= 15 is 0 Å². The van der Waals surface area contributed by atoms with Crippen molar-refractivity contribution in [1.82, 2.24) is 4.90 Å². The van der Waals surface area contributed by atoms with Gasteiger partial charge in [0.2, 0.25) is 5.91 Å². The summed E-state index contributed by atoms with van der Waals surface area (Å²) in [5, 5.41) is 0. The molecule has 1 fully saturated rings. The molecule has 0 aromatic heterocycles. The molecule has 1 rings (SSSR count). The third-order valence-corrected chi connectivity index (χ3v) is 3.93. The number of carbonyl (C=O) groups is 1. The van der Waals surface area contributed by atoms with E-state index in [0.29, 0.717) is 5.92 Å². The predicted molar refractivity (Wildman–Crippen MR) is 67.0 cm³/mol. The molecule has 1 amide bonds. The zero-order valence-corrected chi connectivity index (χ0v) is 10.9. The zero-order valence-electron chi connectivity index (χ0n) is 10.9. The van der Waals surface area contributed by atoms with E-state index in [1.807, 2.05) is 18.9 Å². The molecule has 94 valence electrons. The van der Waals surface area contributed by atoms with Gasteiger partial charge in [-0.15, -0.1) is 0 Å². The van der Waals surface area contributed by atoms with Crippen LogP contribution in [-0.2, 0) is 4.79 Å². The molecule has 2 atom stereocenters. The third kappa shape index (κ3) is 3.48. The Morgan fingerprint density at radius 3 is 2.50 bits per heavy atom. The Labute approximate surface area is 99.4 Å². The molecule has 0 saturated heterocycles. The molecular formula is C13H26N2O. The Hall–Kier alpha value is -0.570. The van der Waals surface area contributed by atoms with Crippen LogP contribution >= 0.6 is 0 Å². The molecule has 0 radical (unpaired) electrons. The lowest BCUT2D eigenvalue weighted by Gasteiger charge is -2.26. The minimum atomic E-state index is -0.323. The maximum absolute atomic E-state index is 12.0. The van der Waals surface area contributed by atoms with Crippen molar-refractivity contribution < 1.29 is 4.79 Å². The van der Waals surface area contributed by atoms with Crippen molar-refractivity contribution in [3.63, 3.8) is 0 Å². The fourth-order valence-corrected chi connectivity index (χ4v) is 2.42. The van der Waals surface area contributed by atoms with Crippen molar-refractivity contribution in [1.29, 1.82) is 0 Å². The van der Waals surface area contributed by atoms with Crippen molar-refractivity contribution in [3.05, 3.63) is 0 Å². The van der Waals surface area contributed by atoms with E-state index in [-0.39, 0.29) is 17.9 Å². The van der Waals surface area contributed by atoms with E-state index in [4.69, 9.17) is 5.73 Å². The monoisotopic (exact) mass is 226 g/mol. The van der Waals surface area contributed by atoms with Crippen LogP contribution in [0.25, 0.3) is 0 Å². The molecule has 0 bridgehead atoms. The number of hydrogen-bond acceptors (Lipinski definition) is 2. The summed E-state index contributed by atoms with van der Waals surface area (Å²) in [5.41, 5.74) is 5.96. The normalized spacial score (nSPS) is 20.8. The standard InChI is InChI=1S/C13H26N2O/c1-4-10(2)12(14)13(16)15(3)9-11-7-5-6-8-11/h10-12H,4-9,14H2,1-3H3. The highest BCUT2D eigenvalue weighted by atomic mass is 16.2. The van der Waals surface area contributed by atoms with E-state index in [1.54, 1.807) is 0 Å². The summed E-state index contributed by atoms with van der Waals surface area (Å²) >= 11 is 0. The van der Waals surface area contributed by atoms with E-state index < -0.39 is 0 Å². The molecular weight excluding hydrogens is 200 g/mol. The Morgan fingerprint density at radius 1 is 1.44 bits per heavy atom. The quantitative estimate of drug-likeness (QED) is 0.779. The molecule has 3 heteroatoms. The van der Waals surface area contributed by atoms with E-state index in [2.05, 4.69) is 6.92 Å². The van der Waals surface area contributed by atoms with Gasteiger partial charge in [0.25, 0.3) is 0 Å². The molecule has 2 unspecified atom stereocenters. The number of rotatable bonds is 5. The topological polar surface area (TPSA) is 46.3 Å². The number of carbonyl (C=O) groups excluding carboxylic acids is 1. The summed E-state index contributed by atoms with van der Waals surface area (Å²) in [6, 6.07) is -0.323. The van der Waals surface area contributed by atoms with Crippen LogP contribution in [0.1, 0.15) is 46.0 Å². The number of amides is 1. The summed E-state index contributed by atoms with van der Waals surface area (Å²) in [6.07, 6.45) is 6.16. The Kier molecular flexibility index (Phi) is 5.26. The van der Waals surface area contributed by atoms with Gasteiger partial charge in [0.05, 0.1) is 6.04 Å². The first-order valence-electron chi connectivity index (χ1n) is 6.56. The molecule has 2 N–H and O–H groups in total. The van der Waals surface area contributed by atoms with Gasteiger partial charge in [0.15, 0.2) is 0 Å². The Bertz CT molecular complexity index is 224. The maximum atomic E-state index is 12.0. The first-order valence-corrected chi connectivity index (χ1v) is 6.56. The molecule has 1 aliphatic carbocycles. The smallest absolute Gasteiger partial charge is 0.239 e. The van der Waals surface area contributed by atoms with Crippen LogP contribution in [0.5, 0.6) is 0 Å². The van der Waals surface area contributed by atoms with Gasteiger partial charge >= 0.3 is 0 Å². The predicted octanol–water partition coefficient (Wildman–Crippen LogP) is 2.01. The second kappa shape index (κ2) is 6.24. The van der Waals surface area contributed by atoms with Crippen LogP contribution in [0.4, 0.5) is 0 Å². The molecule has 16 heavy (non-hydrogen) atoms. The van der Waals surface area contributed by atoms with Crippen LogP contribution in [0.15, 0.2) is 0 Å². The van der Waals surface area contributed by atoms with Crippen LogP contribution in [-0.4, -0.2) is 30.4 Å². The van der Waals surface area contributed by atoms with Gasteiger partial charge in [-0.2, -0.15) is 0 Å². The largest absolute Gasteiger partial charge is 0.344 e. The number of likely N-dealkylation sites (N-methyl/N-ethyl adjacent to an activating group) is 1. The van der Waals surface area contributed by atoms with Gasteiger partial charge in [0.1, 0.15) is 0 Å². The molecule has 0 spiro atoms. The van der Waals surface area contributed by atoms with E-state index in [1.165, 1.54) is 25.7 Å². The Balaban J connectivity index is 2.39. The number of hydrogen-bond donors (Lipinski definition) is 1. The first kappa shape index (κ1) is 13.5. The summed E-state index contributed by atoms with van der Waals surface area (Å²) < 4.78 is 0.